The Kier molecular flexibility index (Phi) is 4.50. The van der Waals surface area contributed by atoms with Crippen molar-refractivity contribution in [2.75, 3.05) is 5.32 Å². The fourth-order valence-corrected chi connectivity index (χ4v) is 3.78. The van der Waals surface area contributed by atoms with Gasteiger partial charge in [-0.25, -0.2) is 13.9 Å². The summed E-state index contributed by atoms with van der Waals surface area (Å²) in [6.45, 7) is 1.88. The second-order valence-corrected chi connectivity index (χ2v) is 7.03. The van der Waals surface area contributed by atoms with Gasteiger partial charge in [0.05, 0.1) is 11.7 Å². The molecule has 0 fully saturated rings. The van der Waals surface area contributed by atoms with Crippen molar-refractivity contribution in [3.63, 3.8) is 0 Å². The minimum atomic E-state index is -2.31. The average molecular weight is 397 g/mol. The molecule has 7 nitrogen and oxygen atoms in total. The Morgan fingerprint density at radius 2 is 1.97 bits per heavy atom. The number of carboxylic acid groups (broad SMARTS) is 1. The summed E-state index contributed by atoms with van der Waals surface area (Å²) < 4.78 is 14.4. The lowest BCUT2D eigenvalue weighted by Crippen LogP contribution is -2.48. The molecule has 0 amide bonds. The number of aromatic hydroxyl groups is 1. The Hall–Kier alpha value is -3.39. The van der Waals surface area contributed by atoms with Crippen LogP contribution in [-0.4, -0.2) is 31.1 Å². The van der Waals surface area contributed by atoms with Crippen molar-refractivity contribution in [1.29, 1.82) is 0 Å². The lowest BCUT2D eigenvalue weighted by atomic mass is 9.93. The number of halogens is 1. The van der Waals surface area contributed by atoms with E-state index in [1.807, 2.05) is 6.92 Å². The third kappa shape index (κ3) is 3.01. The van der Waals surface area contributed by atoms with Gasteiger partial charge in [0.25, 0.3) is 5.72 Å². The number of aliphatic hydroxyl groups is 1. The molecule has 2 unspecified atom stereocenters. The molecule has 4 rings (SSSR count). The van der Waals surface area contributed by atoms with E-state index >= 15 is 0 Å². The van der Waals surface area contributed by atoms with Gasteiger partial charge in [-0.2, -0.15) is 5.10 Å². The molecule has 0 radical (unpaired) electrons. The van der Waals surface area contributed by atoms with Crippen molar-refractivity contribution in [3.8, 4) is 17.0 Å². The number of hydrogen-bond donors (Lipinski definition) is 4. The van der Waals surface area contributed by atoms with Gasteiger partial charge in [-0.05, 0) is 36.8 Å². The first-order chi connectivity index (χ1) is 13.8. The number of benzene rings is 2. The highest BCUT2D eigenvalue weighted by Crippen LogP contribution is 2.44. The topological polar surface area (TPSA) is 108 Å². The molecular weight excluding hydrogens is 377 g/mol. The van der Waals surface area contributed by atoms with E-state index in [2.05, 4.69) is 10.4 Å². The maximum absolute atomic E-state index is 13.3. The molecule has 1 aromatic heterocycles. The summed E-state index contributed by atoms with van der Waals surface area (Å²) in [5.74, 6) is -1.48. The fraction of sp³-hybridized carbons (Fsp3) is 0.238. The zero-order chi connectivity index (χ0) is 20.8. The van der Waals surface area contributed by atoms with Crippen LogP contribution in [0, 0.1) is 5.82 Å². The minimum absolute atomic E-state index is 0.00232. The van der Waals surface area contributed by atoms with Crippen LogP contribution < -0.4 is 5.32 Å². The maximum Gasteiger partial charge on any atom is 0.359 e. The summed E-state index contributed by atoms with van der Waals surface area (Å²) in [6.07, 6.45) is 0.263. The Morgan fingerprint density at radius 1 is 1.28 bits per heavy atom. The van der Waals surface area contributed by atoms with E-state index in [4.69, 9.17) is 0 Å². The van der Waals surface area contributed by atoms with Gasteiger partial charge in [0.1, 0.15) is 17.4 Å². The lowest BCUT2D eigenvalue weighted by Gasteiger charge is -2.36. The summed E-state index contributed by atoms with van der Waals surface area (Å²) >= 11 is 0. The zero-order valence-corrected chi connectivity index (χ0v) is 15.6. The smallest absolute Gasteiger partial charge is 0.359 e. The summed E-state index contributed by atoms with van der Waals surface area (Å²) in [7, 11) is 0. The predicted molar refractivity (Wildman–Crippen MR) is 104 cm³/mol. The molecule has 0 bridgehead atoms. The Bertz CT molecular complexity index is 1080. The maximum atomic E-state index is 13.3. The van der Waals surface area contributed by atoms with Crippen LogP contribution in [0.1, 0.15) is 30.5 Å². The number of aromatic nitrogens is 2. The van der Waals surface area contributed by atoms with Crippen LogP contribution in [0.3, 0.4) is 0 Å². The number of carboxylic acids is 1. The van der Waals surface area contributed by atoms with E-state index < -0.39 is 23.6 Å². The summed E-state index contributed by atoms with van der Waals surface area (Å²) in [4.78, 5) is 12.0. The number of phenolic OH excluding ortho intramolecular Hbond substituents is 1. The molecule has 1 aliphatic rings. The Morgan fingerprint density at radius 3 is 2.59 bits per heavy atom. The van der Waals surface area contributed by atoms with Gasteiger partial charge in [0, 0.05) is 23.1 Å². The predicted octanol–water partition coefficient (Wildman–Crippen LogP) is 3.24. The molecule has 8 heteroatoms. The highest BCUT2D eigenvalue weighted by Gasteiger charge is 2.48. The average Bonchev–Trinajstić information content (AvgIpc) is 3.08. The monoisotopic (exact) mass is 397 g/mol. The van der Waals surface area contributed by atoms with E-state index in [-0.39, 0.29) is 12.2 Å². The van der Waals surface area contributed by atoms with Gasteiger partial charge in [0.15, 0.2) is 0 Å². The third-order valence-corrected chi connectivity index (χ3v) is 5.26. The molecule has 2 atom stereocenters. The number of carbonyl (C=O) groups is 1. The van der Waals surface area contributed by atoms with Crippen molar-refractivity contribution in [3.05, 3.63) is 65.5 Å². The molecule has 29 heavy (non-hydrogen) atoms. The number of nitrogens with one attached hydrogen (secondary N) is 1. The number of nitrogens with zero attached hydrogens (tertiary/aromatic N) is 2. The largest absolute Gasteiger partial charge is 0.508 e. The van der Waals surface area contributed by atoms with Crippen LogP contribution in [0.15, 0.2) is 48.5 Å². The van der Waals surface area contributed by atoms with E-state index in [1.54, 1.807) is 30.3 Å². The number of phenols is 1. The summed E-state index contributed by atoms with van der Waals surface area (Å²) in [5.41, 5.74) is -0.0664. The first kappa shape index (κ1) is 18.9. The quantitative estimate of drug-likeness (QED) is 0.538. The number of fused-ring (bicyclic) bond motifs is 1. The number of anilines is 1. The highest BCUT2D eigenvalue weighted by molar-refractivity contribution is 5.79. The minimum Gasteiger partial charge on any atom is -0.508 e. The normalized spacial score (nSPS) is 20.7. The van der Waals surface area contributed by atoms with Crippen molar-refractivity contribution in [2.45, 2.75) is 31.5 Å². The molecule has 3 aromatic rings. The van der Waals surface area contributed by atoms with E-state index in [1.165, 1.54) is 18.2 Å². The van der Waals surface area contributed by atoms with Crippen LogP contribution in [0.4, 0.5) is 10.2 Å². The molecule has 1 aliphatic heterocycles. The second-order valence-electron chi connectivity index (χ2n) is 7.03. The van der Waals surface area contributed by atoms with Gasteiger partial charge in [0.2, 0.25) is 0 Å². The van der Waals surface area contributed by atoms with Crippen molar-refractivity contribution >= 4 is 11.8 Å². The number of aliphatic carboxylic acids is 1. The second kappa shape index (κ2) is 6.89. The van der Waals surface area contributed by atoms with Crippen molar-refractivity contribution in [2.24, 2.45) is 0 Å². The van der Waals surface area contributed by atoms with Gasteiger partial charge in [-0.3, -0.25) is 0 Å². The number of rotatable bonds is 4. The Balaban J connectivity index is 1.90. The molecule has 0 saturated carbocycles. The van der Waals surface area contributed by atoms with Gasteiger partial charge < -0.3 is 20.6 Å². The summed E-state index contributed by atoms with van der Waals surface area (Å²) in [6, 6.07) is 11.6. The van der Waals surface area contributed by atoms with Gasteiger partial charge in [-0.1, -0.05) is 25.1 Å². The number of hydrogen-bond acceptors (Lipinski definition) is 5. The molecular formula is C21H20FN3O4. The summed E-state index contributed by atoms with van der Waals surface area (Å²) in [5, 5.41) is 38.7. The SMILES string of the molecule is CCc1c(-c2ccc(F)cc2)nn2c1NC(c1ccccc1O)CC2(O)C(=O)O. The van der Waals surface area contributed by atoms with E-state index in [0.29, 0.717) is 34.6 Å². The highest BCUT2D eigenvalue weighted by atomic mass is 19.1. The fourth-order valence-electron chi connectivity index (χ4n) is 3.78. The van der Waals surface area contributed by atoms with Crippen molar-refractivity contribution < 1.29 is 24.5 Å². The van der Waals surface area contributed by atoms with Crippen LogP contribution in [0.5, 0.6) is 5.75 Å². The molecule has 0 saturated heterocycles. The molecule has 0 aliphatic carbocycles. The Labute approximate surface area is 166 Å². The number of para-hydroxylation sites is 1. The molecule has 150 valence electrons. The van der Waals surface area contributed by atoms with Gasteiger partial charge >= 0.3 is 5.97 Å². The van der Waals surface area contributed by atoms with Gasteiger partial charge in [-0.15, -0.1) is 0 Å². The zero-order valence-electron chi connectivity index (χ0n) is 15.6. The lowest BCUT2D eigenvalue weighted by molar-refractivity contribution is -0.175. The van der Waals surface area contributed by atoms with Crippen LogP contribution in [0.25, 0.3) is 11.3 Å². The van der Waals surface area contributed by atoms with E-state index in [0.717, 1.165) is 4.68 Å². The van der Waals surface area contributed by atoms with E-state index in [9.17, 15) is 24.5 Å². The van der Waals surface area contributed by atoms with Crippen LogP contribution >= 0.6 is 0 Å². The first-order valence-corrected chi connectivity index (χ1v) is 9.23. The first-order valence-electron chi connectivity index (χ1n) is 9.23. The molecule has 0 spiro atoms. The third-order valence-electron chi connectivity index (χ3n) is 5.26. The molecule has 4 N–H and O–H groups in total. The standard InChI is InChI=1S/C21H20FN3O4/c1-2-14-18(12-7-9-13(22)10-8-12)24-25-19(14)23-16(11-21(25,29)20(27)28)15-5-3-4-6-17(15)26/h3-10,16,23,26,29H,2,11H2,1H3,(H,27,28). The molecule has 2 aromatic carbocycles. The van der Waals surface area contributed by atoms with Crippen LogP contribution in [-0.2, 0) is 16.9 Å². The van der Waals surface area contributed by atoms with Crippen molar-refractivity contribution in [1.82, 2.24) is 9.78 Å². The molecule has 2 heterocycles. The van der Waals surface area contributed by atoms with Crippen LogP contribution in [0.2, 0.25) is 0 Å².